The quantitative estimate of drug-likeness (QED) is 0.648. The molecule has 0 bridgehead atoms. The lowest BCUT2D eigenvalue weighted by Crippen LogP contribution is -2.01. The lowest BCUT2D eigenvalue weighted by molar-refractivity contribution is 0.266. The van der Waals surface area contributed by atoms with Gasteiger partial charge in [-0.25, -0.2) is 0 Å². The van der Waals surface area contributed by atoms with E-state index >= 15 is 0 Å². The molecule has 5 nitrogen and oxygen atoms in total. The van der Waals surface area contributed by atoms with Gasteiger partial charge in [0.1, 0.15) is 5.69 Å². The fraction of sp³-hybridized carbons (Fsp3) is 0.200. The molecule has 0 aliphatic rings. The Morgan fingerprint density at radius 1 is 0.850 bits per heavy atom. The highest BCUT2D eigenvalue weighted by atomic mass is 16.6. The van der Waals surface area contributed by atoms with E-state index in [-0.39, 0.29) is 0 Å². The van der Waals surface area contributed by atoms with Gasteiger partial charge in [-0.3, -0.25) is 10.3 Å². The monoisotopic (exact) mass is 274 g/mol. The highest BCUT2D eigenvalue weighted by Crippen LogP contribution is 2.43. The van der Waals surface area contributed by atoms with E-state index in [9.17, 15) is 0 Å². The van der Waals surface area contributed by atoms with Crippen LogP contribution in [0, 0.1) is 0 Å². The molecule has 3 N–H and O–H groups in total. The lowest BCUT2D eigenvalue weighted by atomic mass is 10.0. The van der Waals surface area contributed by atoms with E-state index < -0.39 is 0 Å². The topological polar surface area (TPSA) is 65.7 Å². The first-order valence-corrected chi connectivity index (χ1v) is 6.11. The molecule has 2 rings (SSSR count). The molecule has 0 atom stereocenters. The van der Waals surface area contributed by atoms with E-state index in [1.165, 1.54) is 0 Å². The molecule has 0 saturated heterocycles. The van der Waals surface area contributed by atoms with E-state index in [0.717, 1.165) is 16.8 Å². The van der Waals surface area contributed by atoms with Crippen LogP contribution in [0.15, 0.2) is 36.4 Å². The summed E-state index contributed by atoms with van der Waals surface area (Å²) in [7, 11) is 4.74. The van der Waals surface area contributed by atoms with Crippen molar-refractivity contribution in [2.75, 3.05) is 32.5 Å². The first-order valence-electron chi connectivity index (χ1n) is 6.11. The normalized spacial score (nSPS) is 10.2. The van der Waals surface area contributed by atoms with Gasteiger partial charge in [0.2, 0.25) is 0 Å². The molecule has 0 unspecified atom stereocenters. The zero-order valence-corrected chi connectivity index (χ0v) is 11.8. The number of anilines is 2. The zero-order valence-electron chi connectivity index (χ0n) is 11.8. The smallest absolute Gasteiger partial charge is 0.186 e. The van der Waals surface area contributed by atoms with Crippen LogP contribution in [-0.4, -0.2) is 21.3 Å². The summed E-state index contributed by atoms with van der Waals surface area (Å²) in [6.45, 7) is 0. The van der Waals surface area contributed by atoms with Gasteiger partial charge in [0.25, 0.3) is 0 Å². The van der Waals surface area contributed by atoms with E-state index in [1.54, 1.807) is 21.3 Å². The van der Waals surface area contributed by atoms with Gasteiger partial charge < -0.3 is 15.2 Å². The number of nitrogen functional groups attached to an aromatic ring is 1. The van der Waals surface area contributed by atoms with Crippen molar-refractivity contribution in [1.29, 1.82) is 0 Å². The minimum atomic E-state index is 0.587. The second kappa shape index (κ2) is 6.16. The Labute approximate surface area is 118 Å². The number of methoxy groups -OCH3 is 2. The Kier molecular flexibility index (Phi) is 4.32. The third-order valence-corrected chi connectivity index (χ3v) is 2.95. The molecule has 0 saturated carbocycles. The van der Waals surface area contributed by atoms with Crippen LogP contribution in [0.1, 0.15) is 0 Å². The number of hydrogen-bond acceptors (Lipinski definition) is 5. The van der Waals surface area contributed by atoms with Crippen molar-refractivity contribution in [2.45, 2.75) is 0 Å². The van der Waals surface area contributed by atoms with Gasteiger partial charge in [-0.2, -0.15) is 0 Å². The summed E-state index contributed by atoms with van der Waals surface area (Å²) in [5.41, 5.74) is 11.8. The molecule has 0 aliphatic heterocycles. The van der Waals surface area contributed by atoms with Crippen LogP contribution < -0.4 is 20.7 Å². The first-order chi connectivity index (χ1) is 9.71. The van der Waals surface area contributed by atoms with Crippen LogP contribution in [0.5, 0.6) is 11.5 Å². The van der Waals surface area contributed by atoms with Gasteiger partial charge in [0.05, 0.1) is 21.3 Å². The summed E-state index contributed by atoms with van der Waals surface area (Å²) in [6.07, 6.45) is 0. The van der Waals surface area contributed by atoms with E-state index in [4.69, 9.17) is 20.0 Å². The number of hydrogen-bond donors (Lipinski definition) is 2. The van der Waals surface area contributed by atoms with E-state index in [2.05, 4.69) is 5.48 Å². The van der Waals surface area contributed by atoms with Crippen LogP contribution >= 0.6 is 0 Å². The maximum absolute atomic E-state index is 5.71. The Morgan fingerprint density at radius 3 is 2.05 bits per heavy atom. The third kappa shape index (κ3) is 2.62. The molecular weight excluding hydrogens is 256 g/mol. The molecule has 0 radical (unpaired) electrons. The number of rotatable bonds is 5. The number of nitrogens with two attached hydrogens (primary N) is 1. The maximum Gasteiger partial charge on any atom is 0.186 e. The summed E-state index contributed by atoms with van der Waals surface area (Å²) in [4.78, 5) is 4.93. The van der Waals surface area contributed by atoms with Crippen molar-refractivity contribution in [3.8, 4) is 22.6 Å². The Balaban J connectivity index is 2.56. The molecule has 0 fully saturated rings. The highest BCUT2D eigenvalue weighted by Gasteiger charge is 2.16. The average molecular weight is 274 g/mol. The summed E-state index contributed by atoms with van der Waals surface area (Å²) in [5.74, 6) is 1.22. The summed E-state index contributed by atoms with van der Waals surface area (Å²) in [6, 6.07) is 11.4. The fourth-order valence-electron chi connectivity index (χ4n) is 2.05. The van der Waals surface area contributed by atoms with Crippen LogP contribution in [-0.2, 0) is 4.84 Å². The first kappa shape index (κ1) is 14.0. The van der Waals surface area contributed by atoms with Crippen LogP contribution in [0.2, 0.25) is 0 Å². The summed E-state index contributed by atoms with van der Waals surface area (Å²) in [5, 5.41) is 0. The molecule has 2 aromatic rings. The molecule has 5 heteroatoms. The average Bonchev–Trinajstić information content (AvgIpc) is 2.48. The van der Waals surface area contributed by atoms with Crippen molar-refractivity contribution in [3.05, 3.63) is 36.4 Å². The molecule has 0 aromatic heterocycles. The van der Waals surface area contributed by atoms with Crippen molar-refractivity contribution < 1.29 is 14.3 Å². The van der Waals surface area contributed by atoms with Crippen molar-refractivity contribution in [1.82, 2.24) is 0 Å². The van der Waals surface area contributed by atoms with E-state index in [0.29, 0.717) is 17.2 Å². The van der Waals surface area contributed by atoms with Crippen LogP contribution in [0.25, 0.3) is 11.1 Å². The standard InChI is InChI=1S/C15H18N2O3/c1-18-14-12(10-4-6-11(16)7-5-10)8-9-13(17-20-3)15(14)19-2/h4-9,17H,16H2,1-3H3. The van der Waals surface area contributed by atoms with Crippen molar-refractivity contribution in [3.63, 3.8) is 0 Å². The minimum absolute atomic E-state index is 0.587. The highest BCUT2D eigenvalue weighted by molar-refractivity contribution is 5.80. The lowest BCUT2D eigenvalue weighted by Gasteiger charge is -2.17. The molecule has 0 amide bonds. The SMILES string of the molecule is CONc1ccc(-c2ccc(N)cc2)c(OC)c1OC. The fourth-order valence-corrected chi connectivity index (χ4v) is 2.05. The second-order valence-corrected chi connectivity index (χ2v) is 4.16. The zero-order chi connectivity index (χ0) is 14.5. The number of nitrogens with one attached hydrogen (secondary N) is 1. The molecule has 20 heavy (non-hydrogen) atoms. The molecule has 106 valence electrons. The summed E-state index contributed by atoms with van der Waals surface area (Å²) < 4.78 is 10.9. The molecule has 0 spiro atoms. The Bertz CT molecular complexity index is 582. The minimum Gasteiger partial charge on any atom is -0.492 e. The van der Waals surface area contributed by atoms with Crippen LogP contribution in [0.3, 0.4) is 0 Å². The van der Waals surface area contributed by atoms with Crippen LogP contribution in [0.4, 0.5) is 11.4 Å². The third-order valence-electron chi connectivity index (χ3n) is 2.95. The van der Waals surface area contributed by atoms with Gasteiger partial charge in [0.15, 0.2) is 11.5 Å². The van der Waals surface area contributed by atoms with Gasteiger partial charge in [-0.15, -0.1) is 0 Å². The van der Waals surface area contributed by atoms with E-state index in [1.807, 2.05) is 36.4 Å². The second-order valence-electron chi connectivity index (χ2n) is 4.16. The molecule has 0 aliphatic carbocycles. The predicted molar refractivity (Wildman–Crippen MR) is 80.0 cm³/mol. The molecule has 0 heterocycles. The van der Waals surface area contributed by atoms with Gasteiger partial charge in [-0.05, 0) is 29.8 Å². The summed E-state index contributed by atoms with van der Waals surface area (Å²) >= 11 is 0. The largest absolute Gasteiger partial charge is 0.492 e. The van der Waals surface area contributed by atoms with Crippen molar-refractivity contribution in [2.24, 2.45) is 0 Å². The molecule has 2 aromatic carbocycles. The predicted octanol–water partition coefficient (Wildman–Crippen LogP) is 2.93. The van der Waals surface area contributed by atoms with Gasteiger partial charge in [0, 0.05) is 11.3 Å². The van der Waals surface area contributed by atoms with Gasteiger partial charge >= 0.3 is 0 Å². The Morgan fingerprint density at radius 2 is 1.50 bits per heavy atom. The van der Waals surface area contributed by atoms with Crippen molar-refractivity contribution >= 4 is 11.4 Å². The number of benzene rings is 2. The maximum atomic E-state index is 5.71. The number of ether oxygens (including phenoxy) is 2. The molecular formula is C15H18N2O3. The van der Waals surface area contributed by atoms with Gasteiger partial charge in [-0.1, -0.05) is 12.1 Å². The Hall–Kier alpha value is -2.40.